The van der Waals surface area contributed by atoms with Crippen LogP contribution in [0.1, 0.15) is 33.1 Å². The molecular formula is C12H20N2O2. The van der Waals surface area contributed by atoms with E-state index in [-0.39, 0.29) is 17.9 Å². The Morgan fingerprint density at radius 1 is 1.56 bits per heavy atom. The van der Waals surface area contributed by atoms with Crippen LogP contribution in [0.4, 0.5) is 0 Å². The van der Waals surface area contributed by atoms with Crippen LogP contribution in [0.25, 0.3) is 0 Å². The minimum absolute atomic E-state index is 0.0238. The van der Waals surface area contributed by atoms with Crippen LogP contribution in [0.15, 0.2) is 12.2 Å². The zero-order valence-electron chi connectivity index (χ0n) is 10.1. The summed E-state index contributed by atoms with van der Waals surface area (Å²) in [7, 11) is 0. The average molecular weight is 224 g/mol. The second-order valence-corrected chi connectivity index (χ2v) is 4.38. The van der Waals surface area contributed by atoms with Crippen LogP contribution in [0.5, 0.6) is 0 Å². The molecule has 0 radical (unpaired) electrons. The number of carbonyl (C=O) groups excluding carboxylic acids is 2. The van der Waals surface area contributed by atoms with Crippen LogP contribution < -0.4 is 5.32 Å². The molecule has 1 unspecified atom stereocenters. The van der Waals surface area contributed by atoms with Gasteiger partial charge >= 0.3 is 0 Å². The topological polar surface area (TPSA) is 49.4 Å². The maximum absolute atomic E-state index is 12.1. The van der Waals surface area contributed by atoms with Gasteiger partial charge in [-0.1, -0.05) is 25.5 Å². The molecule has 1 N–H and O–H groups in total. The number of amides is 2. The highest BCUT2D eigenvalue weighted by Gasteiger charge is 2.28. The quantitative estimate of drug-likeness (QED) is 0.726. The van der Waals surface area contributed by atoms with Gasteiger partial charge in [0.1, 0.15) is 6.04 Å². The fourth-order valence-corrected chi connectivity index (χ4v) is 1.86. The van der Waals surface area contributed by atoms with E-state index in [1.807, 2.05) is 13.8 Å². The standard InChI is InChI=1S/C12H20N2O2/c1-4-5-10-12(16)14(8-9(2)3)7-6-11(15)13-10/h10H,2,4-8H2,1,3H3,(H,13,15). The molecule has 1 saturated heterocycles. The molecule has 1 aliphatic heterocycles. The van der Waals surface area contributed by atoms with Crippen LogP contribution in [-0.4, -0.2) is 35.8 Å². The molecule has 1 heterocycles. The Morgan fingerprint density at radius 2 is 2.25 bits per heavy atom. The lowest BCUT2D eigenvalue weighted by molar-refractivity contribution is -0.133. The molecule has 0 spiro atoms. The lowest BCUT2D eigenvalue weighted by Crippen LogP contribution is -2.44. The Kier molecular flexibility index (Phi) is 4.52. The summed E-state index contributed by atoms with van der Waals surface area (Å²) in [5.41, 5.74) is 0.943. The number of hydrogen-bond donors (Lipinski definition) is 1. The summed E-state index contributed by atoms with van der Waals surface area (Å²) in [6.07, 6.45) is 1.98. The number of nitrogens with one attached hydrogen (secondary N) is 1. The van der Waals surface area contributed by atoms with Crippen LogP contribution in [0, 0.1) is 0 Å². The first-order valence-corrected chi connectivity index (χ1v) is 5.77. The maximum atomic E-state index is 12.1. The highest BCUT2D eigenvalue weighted by Crippen LogP contribution is 2.09. The van der Waals surface area contributed by atoms with E-state index in [9.17, 15) is 9.59 Å². The summed E-state index contributed by atoms with van der Waals surface area (Å²) in [6.45, 7) is 8.75. The van der Waals surface area contributed by atoms with Gasteiger partial charge in [0.25, 0.3) is 0 Å². The molecule has 1 atom stereocenters. The largest absolute Gasteiger partial charge is 0.344 e. The molecule has 4 heteroatoms. The van der Waals surface area contributed by atoms with Gasteiger partial charge in [-0.05, 0) is 13.3 Å². The molecule has 1 aliphatic rings. The number of nitrogens with zero attached hydrogens (tertiary/aromatic N) is 1. The Balaban J connectivity index is 2.74. The van der Waals surface area contributed by atoms with Gasteiger partial charge in [0.15, 0.2) is 0 Å². The second-order valence-electron chi connectivity index (χ2n) is 4.38. The van der Waals surface area contributed by atoms with Gasteiger partial charge in [-0.15, -0.1) is 0 Å². The first kappa shape index (κ1) is 12.7. The highest BCUT2D eigenvalue weighted by atomic mass is 16.2. The van der Waals surface area contributed by atoms with Crippen molar-refractivity contribution in [2.75, 3.05) is 13.1 Å². The lowest BCUT2D eigenvalue weighted by Gasteiger charge is -2.23. The minimum atomic E-state index is -0.348. The van der Waals surface area contributed by atoms with E-state index in [2.05, 4.69) is 11.9 Å². The summed E-state index contributed by atoms with van der Waals surface area (Å²) in [5.74, 6) is -0.00767. The monoisotopic (exact) mass is 224 g/mol. The van der Waals surface area contributed by atoms with Crippen molar-refractivity contribution >= 4 is 11.8 Å². The van der Waals surface area contributed by atoms with Crippen molar-refractivity contribution in [3.8, 4) is 0 Å². The molecule has 0 saturated carbocycles. The maximum Gasteiger partial charge on any atom is 0.245 e. The van der Waals surface area contributed by atoms with Gasteiger partial charge in [0, 0.05) is 19.5 Å². The SMILES string of the molecule is C=C(C)CN1CCC(=O)NC(CCC)C1=O. The third-order valence-corrected chi connectivity index (χ3v) is 2.59. The summed E-state index contributed by atoms with van der Waals surface area (Å²) < 4.78 is 0. The van der Waals surface area contributed by atoms with Crippen LogP contribution in [-0.2, 0) is 9.59 Å². The molecular weight excluding hydrogens is 204 g/mol. The summed E-state index contributed by atoms with van der Waals surface area (Å²) in [5, 5.41) is 2.77. The van der Waals surface area contributed by atoms with Gasteiger partial charge in [-0.2, -0.15) is 0 Å². The number of hydrogen-bond acceptors (Lipinski definition) is 2. The van der Waals surface area contributed by atoms with Crippen molar-refractivity contribution in [1.82, 2.24) is 10.2 Å². The Labute approximate surface area is 96.7 Å². The predicted molar refractivity (Wildman–Crippen MR) is 62.8 cm³/mol. The Hall–Kier alpha value is -1.32. The summed E-state index contributed by atoms with van der Waals surface area (Å²) in [4.78, 5) is 25.2. The van der Waals surface area contributed by atoms with Crippen molar-refractivity contribution in [3.63, 3.8) is 0 Å². The molecule has 16 heavy (non-hydrogen) atoms. The highest BCUT2D eigenvalue weighted by molar-refractivity contribution is 5.90. The number of rotatable bonds is 4. The van der Waals surface area contributed by atoms with Crippen LogP contribution in [0.3, 0.4) is 0 Å². The van der Waals surface area contributed by atoms with E-state index in [4.69, 9.17) is 0 Å². The van der Waals surface area contributed by atoms with Gasteiger partial charge in [-0.3, -0.25) is 9.59 Å². The first-order chi connectivity index (χ1) is 7.54. The fourth-order valence-electron chi connectivity index (χ4n) is 1.86. The third kappa shape index (κ3) is 3.36. The molecule has 1 rings (SSSR count). The van der Waals surface area contributed by atoms with Crippen molar-refractivity contribution in [3.05, 3.63) is 12.2 Å². The molecule has 1 fully saturated rings. The molecule has 0 aliphatic carbocycles. The van der Waals surface area contributed by atoms with E-state index in [0.717, 1.165) is 12.0 Å². The molecule has 2 amide bonds. The zero-order valence-corrected chi connectivity index (χ0v) is 10.1. The van der Waals surface area contributed by atoms with Crippen LogP contribution >= 0.6 is 0 Å². The van der Waals surface area contributed by atoms with Gasteiger partial charge in [0.05, 0.1) is 0 Å². The minimum Gasteiger partial charge on any atom is -0.344 e. The molecule has 90 valence electrons. The van der Waals surface area contributed by atoms with E-state index in [1.165, 1.54) is 0 Å². The molecule has 0 aromatic rings. The fraction of sp³-hybridized carbons (Fsp3) is 0.667. The average Bonchev–Trinajstić information content (AvgIpc) is 2.32. The summed E-state index contributed by atoms with van der Waals surface area (Å²) >= 11 is 0. The Morgan fingerprint density at radius 3 is 2.81 bits per heavy atom. The molecule has 0 aromatic carbocycles. The van der Waals surface area contributed by atoms with Crippen molar-refractivity contribution < 1.29 is 9.59 Å². The molecule has 4 nitrogen and oxygen atoms in total. The predicted octanol–water partition coefficient (Wildman–Crippen LogP) is 1.08. The second kappa shape index (κ2) is 5.68. The van der Waals surface area contributed by atoms with E-state index < -0.39 is 0 Å². The molecule has 0 bridgehead atoms. The van der Waals surface area contributed by atoms with E-state index in [1.54, 1.807) is 4.90 Å². The number of carbonyl (C=O) groups is 2. The Bertz CT molecular complexity index is 299. The lowest BCUT2D eigenvalue weighted by atomic mass is 10.1. The van der Waals surface area contributed by atoms with Gasteiger partial charge < -0.3 is 10.2 Å². The molecule has 0 aromatic heterocycles. The van der Waals surface area contributed by atoms with E-state index >= 15 is 0 Å². The smallest absolute Gasteiger partial charge is 0.245 e. The van der Waals surface area contributed by atoms with Gasteiger partial charge in [0.2, 0.25) is 11.8 Å². The van der Waals surface area contributed by atoms with Crippen molar-refractivity contribution in [2.45, 2.75) is 39.2 Å². The summed E-state index contributed by atoms with van der Waals surface area (Å²) in [6, 6.07) is -0.348. The zero-order chi connectivity index (χ0) is 12.1. The normalized spacial score (nSPS) is 21.6. The van der Waals surface area contributed by atoms with Crippen molar-refractivity contribution in [2.24, 2.45) is 0 Å². The van der Waals surface area contributed by atoms with E-state index in [0.29, 0.717) is 25.9 Å². The third-order valence-electron chi connectivity index (χ3n) is 2.59. The van der Waals surface area contributed by atoms with Gasteiger partial charge in [-0.25, -0.2) is 0 Å². The van der Waals surface area contributed by atoms with Crippen molar-refractivity contribution in [1.29, 1.82) is 0 Å². The van der Waals surface area contributed by atoms with Crippen LogP contribution in [0.2, 0.25) is 0 Å². The first-order valence-electron chi connectivity index (χ1n) is 5.77.